The van der Waals surface area contributed by atoms with Crippen LogP contribution in [0.15, 0.2) is 10.5 Å². The Morgan fingerprint density at radius 3 is 2.26 bits per heavy atom. The van der Waals surface area contributed by atoms with Crippen LogP contribution in [0.25, 0.3) is 0 Å². The van der Waals surface area contributed by atoms with Crippen LogP contribution < -0.4 is 5.32 Å². The molecule has 0 saturated carbocycles. The van der Waals surface area contributed by atoms with E-state index in [9.17, 15) is 0 Å². The largest absolute Gasteiger partial charge is 0.312 e. The van der Waals surface area contributed by atoms with Crippen LogP contribution >= 0.6 is 27.3 Å². The molecule has 1 nitrogen and oxygen atoms in total. The fourth-order valence-corrected chi connectivity index (χ4v) is 3.60. The lowest BCUT2D eigenvalue weighted by Gasteiger charge is -2.28. The van der Waals surface area contributed by atoms with E-state index in [1.807, 2.05) is 11.3 Å². The first kappa shape index (κ1) is 17.2. The molecule has 1 aromatic heterocycles. The van der Waals surface area contributed by atoms with Crippen LogP contribution in [0.2, 0.25) is 0 Å². The van der Waals surface area contributed by atoms with E-state index in [2.05, 4.69) is 68.9 Å². The summed E-state index contributed by atoms with van der Waals surface area (Å²) >= 11 is 5.52. The van der Waals surface area contributed by atoms with Gasteiger partial charge in [0.2, 0.25) is 0 Å². The van der Waals surface area contributed by atoms with Gasteiger partial charge in [-0.3, -0.25) is 0 Å². The summed E-state index contributed by atoms with van der Waals surface area (Å²) in [6, 6.07) is 2.28. The predicted molar refractivity (Wildman–Crippen MR) is 91.2 cm³/mol. The first-order valence-electron chi connectivity index (χ1n) is 7.09. The van der Waals surface area contributed by atoms with Crippen molar-refractivity contribution in [1.82, 2.24) is 5.32 Å². The van der Waals surface area contributed by atoms with Gasteiger partial charge in [0.25, 0.3) is 0 Å². The summed E-state index contributed by atoms with van der Waals surface area (Å²) < 4.78 is 1.26. The summed E-state index contributed by atoms with van der Waals surface area (Å²) in [5.41, 5.74) is 0.633. The molecule has 0 fully saturated rings. The van der Waals surface area contributed by atoms with Crippen LogP contribution in [0.3, 0.4) is 0 Å². The number of hydrogen-bond acceptors (Lipinski definition) is 2. The third kappa shape index (κ3) is 6.92. The van der Waals surface area contributed by atoms with Gasteiger partial charge in [-0.05, 0) is 80.9 Å². The van der Waals surface area contributed by atoms with Crippen molar-refractivity contribution in [2.75, 3.05) is 6.54 Å². The van der Waals surface area contributed by atoms with E-state index in [1.54, 1.807) is 0 Å². The van der Waals surface area contributed by atoms with E-state index >= 15 is 0 Å². The summed E-state index contributed by atoms with van der Waals surface area (Å²) in [5.74, 6) is 0. The van der Waals surface area contributed by atoms with Gasteiger partial charge in [0.1, 0.15) is 0 Å². The standard InChI is InChI=1S/C16H28BrNS/c1-12-14(17)11-13(19-12)7-8-16(5,6)9-10-18-15(2,3)4/h11,18H,7-10H2,1-6H3. The van der Waals surface area contributed by atoms with Crippen LogP contribution in [0.1, 0.15) is 57.2 Å². The fourth-order valence-electron chi connectivity index (χ4n) is 2.00. The van der Waals surface area contributed by atoms with E-state index in [0.717, 1.165) is 6.54 Å². The topological polar surface area (TPSA) is 12.0 Å². The molecular formula is C16H28BrNS. The van der Waals surface area contributed by atoms with Gasteiger partial charge in [0, 0.05) is 19.8 Å². The van der Waals surface area contributed by atoms with Gasteiger partial charge < -0.3 is 5.32 Å². The maximum Gasteiger partial charge on any atom is 0.0314 e. The minimum absolute atomic E-state index is 0.228. The van der Waals surface area contributed by atoms with Gasteiger partial charge in [-0.15, -0.1) is 11.3 Å². The van der Waals surface area contributed by atoms with Gasteiger partial charge in [0.05, 0.1) is 0 Å². The van der Waals surface area contributed by atoms with Gasteiger partial charge in [0.15, 0.2) is 0 Å². The van der Waals surface area contributed by atoms with Gasteiger partial charge in [-0.1, -0.05) is 13.8 Å². The predicted octanol–water partition coefficient (Wildman–Crippen LogP) is 5.56. The normalized spacial score (nSPS) is 13.0. The first-order chi connectivity index (χ1) is 8.59. The quantitative estimate of drug-likeness (QED) is 0.711. The second kappa shape index (κ2) is 6.73. The van der Waals surface area contributed by atoms with Crippen LogP contribution in [-0.2, 0) is 6.42 Å². The molecule has 0 saturated heterocycles. The highest BCUT2D eigenvalue weighted by Gasteiger charge is 2.19. The average molecular weight is 346 g/mol. The second-order valence-corrected chi connectivity index (χ2v) is 9.40. The molecule has 1 aromatic rings. The van der Waals surface area contributed by atoms with Gasteiger partial charge in [-0.25, -0.2) is 0 Å². The number of aryl methyl sites for hydroxylation is 2. The molecule has 0 atom stereocenters. The molecule has 0 unspecified atom stereocenters. The molecule has 0 radical (unpaired) electrons. The zero-order valence-electron chi connectivity index (χ0n) is 13.2. The molecule has 110 valence electrons. The van der Waals surface area contributed by atoms with Crippen LogP contribution in [0, 0.1) is 12.3 Å². The van der Waals surface area contributed by atoms with E-state index in [1.165, 1.54) is 33.5 Å². The number of rotatable bonds is 6. The summed E-state index contributed by atoms with van der Waals surface area (Å²) in [6.45, 7) is 14.7. The molecular weight excluding hydrogens is 318 g/mol. The first-order valence-corrected chi connectivity index (χ1v) is 8.70. The highest BCUT2D eigenvalue weighted by Crippen LogP contribution is 2.31. The molecule has 0 aliphatic rings. The smallest absolute Gasteiger partial charge is 0.0314 e. The Bertz CT molecular complexity index is 382. The summed E-state index contributed by atoms with van der Waals surface area (Å²) in [5, 5.41) is 3.58. The lowest BCUT2D eigenvalue weighted by Crippen LogP contribution is -2.38. The van der Waals surface area contributed by atoms with Crippen molar-refractivity contribution in [2.45, 2.75) is 66.3 Å². The highest BCUT2D eigenvalue weighted by molar-refractivity contribution is 9.10. The minimum Gasteiger partial charge on any atom is -0.312 e. The van der Waals surface area contributed by atoms with Crippen molar-refractivity contribution in [1.29, 1.82) is 0 Å². The van der Waals surface area contributed by atoms with E-state index in [4.69, 9.17) is 0 Å². The number of thiophene rings is 1. The molecule has 1 N–H and O–H groups in total. The summed E-state index contributed by atoms with van der Waals surface area (Å²) in [7, 11) is 0. The lowest BCUT2D eigenvalue weighted by atomic mass is 9.84. The molecule has 0 aromatic carbocycles. The maximum absolute atomic E-state index is 3.60. The van der Waals surface area contributed by atoms with E-state index < -0.39 is 0 Å². The summed E-state index contributed by atoms with van der Waals surface area (Å²) in [6.07, 6.45) is 3.68. The zero-order chi connectivity index (χ0) is 14.7. The molecule has 0 aliphatic carbocycles. The molecule has 0 amide bonds. The lowest BCUT2D eigenvalue weighted by molar-refractivity contribution is 0.285. The van der Waals surface area contributed by atoms with Crippen molar-refractivity contribution in [3.63, 3.8) is 0 Å². The molecule has 0 bridgehead atoms. The SMILES string of the molecule is Cc1sc(CCC(C)(C)CCNC(C)(C)C)cc1Br. The Kier molecular flexibility index (Phi) is 6.09. The van der Waals surface area contributed by atoms with Crippen molar-refractivity contribution < 1.29 is 0 Å². The van der Waals surface area contributed by atoms with E-state index in [-0.39, 0.29) is 5.54 Å². The molecule has 3 heteroatoms. The van der Waals surface area contributed by atoms with Crippen LogP contribution in [0.4, 0.5) is 0 Å². The maximum atomic E-state index is 3.60. The van der Waals surface area contributed by atoms with E-state index in [0.29, 0.717) is 5.41 Å². The Morgan fingerprint density at radius 2 is 1.79 bits per heavy atom. The van der Waals surface area contributed by atoms with Crippen molar-refractivity contribution in [3.05, 3.63) is 20.3 Å². The molecule has 0 spiro atoms. The van der Waals surface area contributed by atoms with Crippen molar-refractivity contribution in [2.24, 2.45) is 5.41 Å². The highest BCUT2D eigenvalue weighted by atomic mass is 79.9. The van der Waals surface area contributed by atoms with Crippen LogP contribution in [0.5, 0.6) is 0 Å². The average Bonchev–Trinajstić information content (AvgIpc) is 2.54. The summed E-state index contributed by atoms with van der Waals surface area (Å²) in [4.78, 5) is 2.89. The molecule has 1 rings (SSSR count). The monoisotopic (exact) mass is 345 g/mol. The second-order valence-electron chi connectivity index (χ2n) is 7.21. The zero-order valence-corrected chi connectivity index (χ0v) is 15.6. The third-order valence-corrected chi connectivity index (χ3v) is 5.61. The third-order valence-electron chi connectivity index (χ3n) is 3.41. The van der Waals surface area contributed by atoms with Crippen molar-refractivity contribution >= 4 is 27.3 Å². The minimum atomic E-state index is 0.228. The molecule has 0 aliphatic heterocycles. The Hall–Kier alpha value is 0.140. The molecule has 19 heavy (non-hydrogen) atoms. The van der Waals surface area contributed by atoms with Gasteiger partial charge >= 0.3 is 0 Å². The number of hydrogen-bond donors (Lipinski definition) is 1. The van der Waals surface area contributed by atoms with Gasteiger partial charge in [-0.2, -0.15) is 0 Å². The number of nitrogens with one attached hydrogen (secondary N) is 1. The Morgan fingerprint density at radius 1 is 1.16 bits per heavy atom. The van der Waals surface area contributed by atoms with Crippen molar-refractivity contribution in [3.8, 4) is 0 Å². The fraction of sp³-hybridized carbons (Fsp3) is 0.750. The molecule has 1 heterocycles. The Labute approximate surface area is 131 Å². The van der Waals surface area contributed by atoms with Crippen LogP contribution in [-0.4, -0.2) is 12.1 Å². The number of halogens is 1. The Balaban J connectivity index is 2.38.